The summed E-state index contributed by atoms with van der Waals surface area (Å²) in [7, 11) is -0.511. The summed E-state index contributed by atoms with van der Waals surface area (Å²) in [4.78, 5) is 1.05. The highest BCUT2D eigenvalue weighted by molar-refractivity contribution is 7.93. The molecule has 0 spiro atoms. The number of anilines is 1. The van der Waals surface area contributed by atoms with E-state index in [0.717, 1.165) is 9.18 Å². The van der Waals surface area contributed by atoms with Gasteiger partial charge < -0.3 is 5.32 Å². The van der Waals surface area contributed by atoms with Gasteiger partial charge >= 0.3 is 0 Å². The molecule has 1 heterocycles. The first-order chi connectivity index (χ1) is 9.87. The number of halogens is 1. The lowest BCUT2D eigenvalue weighted by atomic mass is 10.3. The zero-order valence-corrected chi connectivity index (χ0v) is 13.7. The van der Waals surface area contributed by atoms with Crippen LogP contribution in [0.3, 0.4) is 0 Å². The van der Waals surface area contributed by atoms with Crippen molar-refractivity contribution in [3.63, 3.8) is 0 Å². The van der Waals surface area contributed by atoms with Crippen molar-refractivity contribution >= 4 is 27.0 Å². The third kappa shape index (κ3) is 3.09. The molecule has 21 heavy (non-hydrogen) atoms. The molecule has 0 saturated heterocycles. The largest absolute Gasteiger partial charge is 0.315 e. The first-order valence-electron chi connectivity index (χ1n) is 6.34. The second-order valence-electron chi connectivity index (χ2n) is 4.65. The molecule has 1 aromatic heterocycles. The van der Waals surface area contributed by atoms with Crippen LogP contribution in [0.5, 0.6) is 0 Å². The lowest BCUT2D eigenvalue weighted by Crippen LogP contribution is -2.28. The number of rotatable bonds is 5. The fraction of sp³-hybridized carbons (Fsp3) is 0.286. The second-order valence-corrected chi connectivity index (χ2v) is 7.52. The average Bonchev–Trinajstić information content (AvgIpc) is 2.80. The van der Waals surface area contributed by atoms with E-state index in [1.54, 1.807) is 20.0 Å². The maximum Gasteiger partial charge on any atom is 0.265 e. The number of nitrogens with zero attached hydrogens (tertiary/aromatic N) is 1. The topological polar surface area (TPSA) is 49.4 Å². The number of thiophene rings is 1. The van der Waals surface area contributed by atoms with Crippen molar-refractivity contribution in [2.45, 2.75) is 18.4 Å². The summed E-state index contributed by atoms with van der Waals surface area (Å²) in [5.41, 5.74) is 1.00. The van der Waals surface area contributed by atoms with Gasteiger partial charge in [-0.1, -0.05) is 6.07 Å². The lowest BCUT2D eigenvalue weighted by Gasteiger charge is -2.20. The van der Waals surface area contributed by atoms with Crippen molar-refractivity contribution in [2.75, 3.05) is 18.4 Å². The van der Waals surface area contributed by atoms with Gasteiger partial charge in [0.1, 0.15) is 10.7 Å². The molecule has 0 fully saturated rings. The molecule has 0 amide bonds. The van der Waals surface area contributed by atoms with Gasteiger partial charge in [0.15, 0.2) is 0 Å². The molecule has 0 radical (unpaired) electrons. The van der Waals surface area contributed by atoms with Crippen LogP contribution in [0.4, 0.5) is 10.1 Å². The van der Waals surface area contributed by atoms with Gasteiger partial charge in [0, 0.05) is 18.5 Å². The molecule has 0 unspecified atom stereocenters. The highest BCUT2D eigenvalue weighted by Crippen LogP contribution is 2.31. The zero-order chi connectivity index (χ0) is 15.6. The highest BCUT2D eigenvalue weighted by Gasteiger charge is 2.27. The fourth-order valence-corrected chi connectivity index (χ4v) is 5.02. The Morgan fingerprint density at radius 2 is 2.10 bits per heavy atom. The molecule has 0 aliphatic heterocycles. The average molecular weight is 328 g/mol. The van der Waals surface area contributed by atoms with E-state index >= 15 is 0 Å². The molecule has 0 saturated carbocycles. The third-order valence-electron chi connectivity index (χ3n) is 3.12. The molecule has 0 aliphatic carbocycles. The van der Waals surface area contributed by atoms with Crippen LogP contribution in [0, 0.1) is 12.7 Å². The Labute approximate surface area is 128 Å². The van der Waals surface area contributed by atoms with E-state index in [-0.39, 0.29) is 0 Å². The summed E-state index contributed by atoms with van der Waals surface area (Å²) in [6.45, 7) is 2.24. The van der Waals surface area contributed by atoms with Crippen LogP contribution < -0.4 is 9.62 Å². The summed E-state index contributed by atoms with van der Waals surface area (Å²) in [6, 6.07) is 5.55. The molecular weight excluding hydrogens is 311 g/mol. The van der Waals surface area contributed by atoms with E-state index in [9.17, 15) is 12.8 Å². The molecule has 2 aromatic rings. The SMILES string of the molecule is CNCc1scc(C)c1S(=O)(=O)N(C)c1cccc(F)c1. The van der Waals surface area contributed by atoms with Crippen molar-refractivity contribution in [3.8, 4) is 0 Å². The van der Waals surface area contributed by atoms with Gasteiger partial charge in [-0.3, -0.25) is 4.31 Å². The molecule has 2 rings (SSSR count). The molecule has 0 aliphatic rings. The van der Waals surface area contributed by atoms with Crippen molar-refractivity contribution in [1.29, 1.82) is 0 Å². The van der Waals surface area contributed by atoms with E-state index < -0.39 is 15.8 Å². The van der Waals surface area contributed by atoms with Crippen molar-refractivity contribution in [2.24, 2.45) is 0 Å². The van der Waals surface area contributed by atoms with Gasteiger partial charge in [-0.15, -0.1) is 11.3 Å². The minimum absolute atomic E-state index is 0.300. The summed E-state index contributed by atoms with van der Waals surface area (Å²) in [5, 5.41) is 4.78. The number of hydrogen-bond donors (Lipinski definition) is 1. The van der Waals surface area contributed by atoms with Crippen molar-refractivity contribution in [1.82, 2.24) is 5.32 Å². The molecular formula is C14H17FN2O2S2. The van der Waals surface area contributed by atoms with E-state index in [1.165, 1.54) is 36.6 Å². The Balaban J connectivity index is 2.49. The van der Waals surface area contributed by atoms with Gasteiger partial charge in [-0.25, -0.2) is 12.8 Å². The summed E-state index contributed by atoms with van der Waals surface area (Å²) in [6.07, 6.45) is 0. The van der Waals surface area contributed by atoms with Crippen molar-refractivity contribution < 1.29 is 12.8 Å². The Hall–Kier alpha value is -1.44. The van der Waals surface area contributed by atoms with Crippen LogP contribution in [0.25, 0.3) is 0 Å². The normalized spacial score (nSPS) is 11.6. The van der Waals surface area contributed by atoms with Gasteiger partial charge in [0.2, 0.25) is 0 Å². The Kier molecular flexibility index (Phi) is 4.65. The van der Waals surface area contributed by atoms with Gasteiger partial charge in [-0.05, 0) is 43.1 Å². The molecule has 1 aromatic carbocycles. The summed E-state index contributed by atoms with van der Waals surface area (Å²) >= 11 is 1.40. The standard InChI is InChI=1S/C14H17FN2O2S2/c1-10-9-20-13(8-16-2)14(10)21(18,19)17(3)12-6-4-5-11(15)7-12/h4-7,9,16H,8H2,1-3H3. The smallest absolute Gasteiger partial charge is 0.265 e. The van der Waals surface area contributed by atoms with Crippen LogP contribution in [0.15, 0.2) is 34.5 Å². The Morgan fingerprint density at radius 3 is 2.71 bits per heavy atom. The number of aryl methyl sites for hydroxylation is 1. The van der Waals surface area contributed by atoms with Crippen LogP contribution in [-0.2, 0) is 16.6 Å². The van der Waals surface area contributed by atoms with E-state index in [0.29, 0.717) is 22.7 Å². The summed E-state index contributed by atoms with van der Waals surface area (Å²) in [5.74, 6) is -0.466. The Morgan fingerprint density at radius 1 is 1.38 bits per heavy atom. The number of benzene rings is 1. The molecule has 0 bridgehead atoms. The Bertz CT molecular complexity index is 741. The van der Waals surface area contributed by atoms with Gasteiger partial charge in [0.25, 0.3) is 10.0 Å². The quantitative estimate of drug-likeness (QED) is 0.918. The van der Waals surface area contributed by atoms with E-state index in [1.807, 2.05) is 5.38 Å². The first kappa shape index (κ1) is 15.9. The van der Waals surface area contributed by atoms with Crippen molar-refractivity contribution in [3.05, 3.63) is 45.9 Å². The first-order valence-corrected chi connectivity index (χ1v) is 8.66. The lowest BCUT2D eigenvalue weighted by molar-refractivity contribution is 0.592. The third-order valence-corrected chi connectivity index (χ3v) is 6.37. The minimum atomic E-state index is -3.71. The molecule has 1 N–H and O–H groups in total. The minimum Gasteiger partial charge on any atom is -0.315 e. The van der Waals surface area contributed by atoms with Crippen LogP contribution in [-0.4, -0.2) is 22.5 Å². The number of sulfonamides is 1. The predicted octanol–water partition coefficient (Wildman–Crippen LogP) is 2.74. The molecule has 114 valence electrons. The molecule has 0 atom stereocenters. The highest BCUT2D eigenvalue weighted by atomic mass is 32.2. The second kappa shape index (κ2) is 6.13. The maximum atomic E-state index is 13.3. The number of nitrogens with one attached hydrogen (secondary N) is 1. The van der Waals surface area contributed by atoms with Gasteiger partial charge in [0.05, 0.1) is 5.69 Å². The van der Waals surface area contributed by atoms with E-state index in [4.69, 9.17) is 0 Å². The predicted molar refractivity (Wildman–Crippen MR) is 83.8 cm³/mol. The van der Waals surface area contributed by atoms with Crippen LogP contribution in [0.2, 0.25) is 0 Å². The van der Waals surface area contributed by atoms with Crippen LogP contribution >= 0.6 is 11.3 Å². The van der Waals surface area contributed by atoms with Crippen LogP contribution in [0.1, 0.15) is 10.4 Å². The van der Waals surface area contributed by atoms with E-state index in [2.05, 4.69) is 5.32 Å². The zero-order valence-electron chi connectivity index (χ0n) is 12.1. The summed E-state index contributed by atoms with van der Waals surface area (Å²) < 4.78 is 40.0. The van der Waals surface area contributed by atoms with Gasteiger partial charge in [-0.2, -0.15) is 0 Å². The number of hydrogen-bond acceptors (Lipinski definition) is 4. The molecule has 4 nitrogen and oxygen atoms in total. The molecule has 7 heteroatoms. The maximum absolute atomic E-state index is 13.3. The fourth-order valence-electron chi connectivity index (χ4n) is 2.06. The monoisotopic (exact) mass is 328 g/mol.